The minimum absolute atomic E-state index is 0.303. The van der Waals surface area contributed by atoms with E-state index in [1.54, 1.807) is 6.92 Å². The molecule has 0 unspecified atom stereocenters. The first-order valence-corrected chi connectivity index (χ1v) is 3.96. The van der Waals surface area contributed by atoms with E-state index in [-0.39, 0.29) is 5.97 Å². The van der Waals surface area contributed by atoms with Crippen LogP contribution in [0.2, 0.25) is 0 Å². The highest BCUT2D eigenvalue weighted by atomic mass is 16.5. The third-order valence-electron chi connectivity index (χ3n) is 1.84. The van der Waals surface area contributed by atoms with Crippen LogP contribution in [0.25, 0.3) is 10.4 Å². The molecule has 70 valence electrons. The second-order valence-corrected chi connectivity index (χ2v) is 2.73. The number of azide groups is 1. The SMILES string of the molecule is CCOC(=O)[C@@H]1C[C@H]1C(=O)N=[N+]=[N-]. The monoisotopic (exact) mass is 183 g/mol. The van der Waals surface area contributed by atoms with Gasteiger partial charge in [-0.25, -0.2) is 0 Å². The second kappa shape index (κ2) is 3.91. The Labute approximate surface area is 74.5 Å². The zero-order chi connectivity index (χ0) is 9.84. The summed E-state index contributed by atoms with van der Waals surface area (Å²) in [7, 11) is 0. The maximum absolute atomic E-state index is 11.0. The van der Waals surface area contributed by atoms with E-state index in [0.29, 0.717) is 13.0 Å². The molecule has 1 saturated carbocycles. The van der Waals surface area contributed by atoms with Gasteiger partial charge in [-0.3, -0.25) is 9.59 Å². The van der Waals surface area contributed by atoms with E-state index in [1.807, 2.05) is 0 Å². The van der Waals surface area contributed by atoms with Crippen molar-refractivity contribution in [3.05, 3.63) is 10.4 Å². The van der Waals surface area contributed by atoms with Gasteiger partial charge in [0.2, 0.25) is 5.91 Å². The molecule has 2 atom stereocenters. The molecule has 6 heteroatoms. The fourth-order valence-corrected chi connectivity index (χ4v) is 1.10. The number of ether oxygens (including phenoxy) is 1. The predicted molar refractivity (Wildman–Crippen MR) is 42.4 cm³/mol. The van der Waals surface area contributed by atoms with Crippen LogP contribution in [-0.4, -0.2) is 18.5 Å². The van der Waals surface area contributed by atoms with Gasteiger partial charge in [0.05, 0.1) is 12.5 Å². The average Bonchev–Trinajstić information content (AvgIpc) is 2.84. The summed E-state index contributed by atoms with van der Waals surface area (Å²) in [5.41, 5.74) is 7.96. The molecule has 1 fully saturated rings. The number of carbonyl (C=O) groups is 2. The van der Waals surface area contributed by atoms with Gasteiger partial charge < -0.3 is 4.74 Å². The minimum atomic E-state index is -0.569. The number of rotatable bonds is 3. The van der Waals surface area contributed by atoms with Crippen LogP contribution in [0.4, 0.5) is 0 Å². The van der Waals surface area contributed by atoms with Crippen molar-refractivity contribution in [1.82, 2.24) is 0 Å². The van der Waals surface area contributed by atoms with Crippen LogP contribution in [-0.2, 0) is 14.3 Å². The van der Waals surface area contributed by atoms with E-state index in [1.165, 1.54) is 0 Å². The Balaban J connectivity index is 2.41. The molecule has 0 N–H and O–H groups in total. The molecular weight excluding hydrogens is 174 g/mol. The quantitative estimate of drug-likeness (QED) is 0.283. The molecule has 0 radical (unpaired) electrons. The van der Waals surface area contributed by atoms with Crippen molar-refractivity contribution in [3.63, 3.8) is 0 Å². The first kappa shape index (κ1) is 9.54. The van der Waals surface area contributed by atoms with Crippen molar-refractivity contribution in [2.45, 2.75) is 13.3 Å². The fourth-order valence-electron chi connectivity index (χ4n) is 1.10. The van der Waals surface area contributed by atoms with Crippen LogP contribution < -0.4 is 0 Å². The van der Waals surface area contributed by atoms with Crippen molar-refractivity contribution in [2.24, 2.45) is 17.0 Å². The number of esters is 1. The minimum Gasteiger partial charge on any atom is -0.466 e. The summed E-state index contributed by atoms with van der Waals surface area (Å²) in [6.07, 6.45) is 0.441. The first-order valence-electron chi connectivity index (χ1n) is 3.96. The Morgan fingerprint density at radius 3 is 2.85 bits per heavy atom. The van der Waals surface area contributed by atoms with Gasteiger partial charge >= 0.3 is 5.97 Å². The lowest BCUT2D eigenvalue weighted by atomic mass is 10.3. The number of carbonyl (C=O) groups excluding carboxylic acids is 2. The number of hydrogen-bond acceptors (Lipinski definition) is 3. The Hall–Kier alpha value is -1.55. The van der Waals surface area contributed by atoms with E-state index in [0.717, 1.165) is 0 Å². The number of amides is 1. The summed E-state index contributed by atoms with van der Waals surface area (Å²) < 4.78 is 4.70. The largest absolute Gasteiger partial charge is 0.466 e. The Morgan fingerprint density at radius 1 is 1.62 bits per heavy atom. The Kier molecular flexibility index (Phi) is 2.87. The Morgan fingerprint density at radius 2 is 2.31 bits per heavy atom. The lowest BCUT2D eigenvalue weighted by Gasteiger charge is -1.97. The molecule has 0 saturated heterocycles. The van der Waals surface area contributed by atoms with Crippen molar-refractivity contribution in [2.75, 3.05) is 6.61 Å². The highest BCUT2D eigenvalue weighted by Crippen LogP contribution is 2.40. The molecule has 6 nitrogen and oxygen atoms in total. The van der Waals surface area contributed by atoms with Gasteiger partial charge in [0.15, 0.2) is 0 Å². The summed E-state index contributed by atoms with van der Waals surface area (Å²) in [4.78, 5) is 24.3. The highest BCUT2D eigenvalue weighted by molar-refractivity contribution is 5.90. The molecule has 0 aromatic carbocycles. The van der Waals surface area contributed by atoms with Gasteiger partial charge in [-0.15, -0.1) is 0 Å². The molecule has 0 bridgehead atoms. The van der Waals surface area contributed by atoms with E-state index in [4.69, 9.17) is 10.3 Å². The molecule has 0 heterocycles. The normalized spacial score (nSPS) is 24.4. The van der Waals surface area contributed by atoms with E-state index in [9.17, 15) is 9.59 Å². The maximum atomic E-state index is 11.0. The maximum Gasteiger partial charge on any atom is 0.309 e. The second-order valence-electron chi connectivity index (χ2n) is 2.73. The summed E-state index contributed by atoms with van der Waals surface area (Å²) in [5.74, 6) is -1.79. The molecule has 0 aliphatic heterocycles. The smallest absolute Gasteiger partial charge is 0.309 e. The van der Waals surface area contributed by atoms with Gasteiger partial charge in [0.1, 0.15) is 0 Å². The van der Waals surface area contributed by atoms with Crippen LogP contribution in [0.1, 0.15) is 13.3 Å². The standard InChI is InChI=1S/C7H9N3O3/c1-2-13-7(12)5-3-4(5)6(11)9-10-8/h4-5H,2-3H2,1H3/t4-,5-/m1/s1. The van der Waals surface area contributed by atoms with Crippen LogP contribution in [0.3, 0.4) is 0 Å². The lowest BCUT2D eigenvalue weighted by Crippen LogP contribution is -2.10. The summed E-state index contributed by atoms with van der Waals surface area (Å²) in [5, 5.41) is 2.91. The molecule has 1 aliphatic rings. The van der Waals surface area contributed by atoms with Crippen molar-refractivity contribution in [1.29, 1.82) is 0 Å². The zero-order valence-corrected chi connectivity index (χ0v) is 7.14. The fraction of sp³-hybridized carbons (Fsp3) is 0.714. The van der Waals surface area contributed by atoms with Gasteiger partial charge in [-0.2, -0.15) is 0 Å². The molecule has 1 aliphatic carbocycles. The van der Waals surface area contributed by atoms with Gasteiger partial charge in [0, 0.05) is 10.8 Å². The first-order chi connectivity index (χ1) is 6.20. The van der Waals surface area contributed by atoms with Gasteiger partial charge in [-0.1, -0.05) is 0 Å². The van der Waals surface area contributed by atoms with E-state index >= 15 is 0 Å². The summed E-state index contributed by atoms with van der Waals surface area (Å²) in [6, 6.07) is 0. The van der Waals surface area contributed by atoms with Crippen molar-refractivity contribution in [3.8, 4) is 0 Å². The average molecular weight is 183 g/mol. The summed E-state index contributed by atoms with van der Waals surface area (Å²) in [6.45, 7) is 2.00. The molecule has 1 amide bonds. The topological polar surface area (TPSA) is 92.1 Å². The van der Waals surface area contributed by atoms with Crippen LogP contribution in [0.5, 0.6) is 0 Å². The third-order valence-corrected chi connectivity index (χ3v) is 1.84. The lowest BCUT2D eigenvalue weighted by molar-refractivity contribution is -0.145. The Bertz CT molecular complexity index is 283. The van der Waals surface area contributed by atoms with Crippen LogP contribution in [0, 0.1) is 11.8 Å². The van der Waals surface area contributed by atoms with Crippen molar-refractivity contribution < 1.29 is 14.3 Å². The van der Waals surface area contributed by atoms with E-state index in [2.05, 4.69) is 10.0 Å². The number of nitrogens with zero attached hydrogens (tertiary/aromatic N) is 3. The third kappa shape index (κ3) is 2.19. The molecular formula is C7H9N3O3. The zero-order valence-electron chi connectivity index (χ0n) is 7.14. The molecule has 0 aromatic rings. The van der Waals surface area contributed by atoms with Crippen LogP contribution >= 0.6 is 0 Å². The number of hydrogen-bond donors (Lipinski definition) is 0. The van der Waals surface area contributed by atoms with Gasteiger partial charge in [-0.05, 0) is 24.0 Å². The molecule has 1 rings (SSSR count). The van der Waals surface area contributed by atoms with Gasteiger partial charge in [0.25, 0.3) is 0 Å². The van der Waals surface area contributed by atoms with Crippen molar-refractivity contribution >= 4 is 11.9 Å². The predicted octanol–water partition coefficient (Wildman–Crippen LogP) is 1.02. The molecule has 0 spiro atoms. The molecule has 13 heavy (non-hydrogen) atoms. The van der Waals surface area contributed by atoms with E-state index < -0.39 is 17.7 Å². The molecule has 0 aromatic heterocycles. The highest BCUT2D eigenvalue weighted by Gasteiger charge is 2.48. The van der Waals surface area contributed by atoms with Crippen LogP contribution in [0.15, 0.2) is 5.11 Å². The summed E-state index contributed by atoms with van der Waals surface area (Å²) >= 11 is 0.